The topological polar surface area (TPSA) is 345 Å². The van der Waals surface area contributed by atoms with E-state index in [-0.39, 0.29) is 88.9 Å². The van der Waals surface area contributed by atoms with E-state index in [2.05, 4.69) is 65.9 Å². The molecule has 0 bridgehead atoms. The molecule has 6 amide bonds. The van der Waals surface area contributed by atoms with Crippen molar-refractivity contribution in [3.05, 3.63) is 217 Å². The molecule has 12 aromatic rings. The molecule has 1 aliphatic carbocycles. The van der Waals surface area contributed by atoms with Gasteiger partial charge in [0.2, 0.25) is 35.4 Å². The van der Waals surface area contributed by atoms with E-state index in [0.29, 0.717) is 93.3 Å². The molecule has 3 fully saturated rings. The first-order valence-corrected chi connectivity index (χ1v) is 38.5. The van der Waals surface area contributed by atoms with Crippen LogP contribution in [-0.4, -0.2) is 166 Å². The summed E-state index contributed by atoms with van der Waals surface area (Å²) in [6.45, 7) is 10.7. The Kier molecular flexibility index (Phi) is 26.3. The van der Waals surface area contributed by atoms with Crippen LogP contribution >= 0.6 is 0 Å². The fourth-order valence-electron chi connectivity index (χ4n) is 14.0. The Morgan fingerprint density at radius 3 is 1.33 bits per heavy atom. The fourth-order valence-corrected chi connectivity index (χ4v) is 14.0. The summed E-state index contributed by atoms with van der Waals surface area (Å²) in [5.41, 5.74) is 10.6. The lowest BCUT2D eigenvalue weighted by Crippen LogP contribution is -2.46. The number of amides is 6. The molecule has 38 heteroatoms. The minimum absolute atomic E-state index is 0.0152. The summed E-state index contributed by atoms with van der Waals surface area (Å²) in [5.74, 6) is 0.547. The number of aromatic nitrogens is 9. The van der Waals surface area contributed by atoms with E-state index in [1.165, 1.54) is 126 Å². The normalized spacial score (nSPS) is 14.2. The summed E-state index contributed by atoms with van der Waals surface area (Å²) in [6, 6.07) is 34.4. The highest BCUT2D eigenvalue weighted by atomic mass is 19.4. The minimum Gasteiger partial charge on any atom is -0.490 e. The van der Waals surface area contributed by atoms with Crippen molar-refractivity contribution in [3.8, 4) is 40.6 Å². The Labute approximate surface area is 690 Å². The average Bonchev–Trinajstić information content (AvgIpc) is 1.72. The number of likely N-dealkylation sites (tertiary alicyclic amines) is 1. The number of anilines is 5. The number of fused-ring (bicyclic) bond motifs is 3. The SMILES string of the molecule is CC(=O)Nc1cc(Oc2ccc3c(ccn3C(=O)Nc3ccc(OC4CCN(C)CC4)c(C(F)(F)F)c3)c2)ncn1.CCN(CC)c1ccc(NC(=O)n2ccc3cc(Oc4cc(CC(N)=O)ncn4)ccc32)cc1C(F)(F)F.NC(=O)Cc1cc(Oc2ccc3c(ccn3C(=O)Nc3ccc(CN4CCN(C5CC5)CC4)c(C(F)(F)F)c3)c2)ncn1. The van der Waals surface area contributed by atoms with Crippen LogP contribution in [0.3, 0.4) is 0 Å². The van der Waals surface area contributed by atoms with E-state index in [4.69, 9.17) is 30.4 Å². The van der Waals surface area contributed by atoms with E-state index < -0.39 is 65.1 Å². The first-order valence-electron chi connectivity index (χ1n) is 38.5. The number of hydrogen-bond acceptors (Lipinski definition) is 20. The Hall–Kier alpha value is -13.8. The number of carbonyl (C=O) groups is 6. The van der Waals surface area contributed by atoms with Crippen LogP contribution in [0.2, 0.25) is 0 Å². The second kappa shape index (κ2) is 37.3. The molecule has 0 atom stereocenters. The summed E-state index contributed by atoms with van der Waals surface area (Å²) in [5, 5.41) is 12.2. The minimum atomic E-state index is -4.66. The second-order valence-electron chi connectivity index (χ2n) is 28.9. The van der Waals surface area contributed by atoms with Gasteiger partial charge in [-0.1, -0.05) is 6.07 Å². The van der Waals surface area contributed by atoms with Gasteiger partial charge in [-0.15, -0.1) is 0 Å². The number of nitrogens with one attached hydrogen (secondary N) is 4. The number of halogens is 9. The van der Waals surface area contributed by atoms with E-state index in [1.807, 2.05) is 7.05 Å². The van der Waals surface area contributed by atoms with Gasteiger partial charge in [-0.25, -0.2) is 44.3 Å². The van der Waals surface area contributed by atoms with Gasteiger partial charge in [0.25, 0.3) is 0 Å². The van der Waals surface area contributed by atoms with Gasteiger partial charge >= 0.3 is 36.6 Å². The third kappa shape index (κ3) is 22.2. The number of primary amides is 2. The molecule has 3 aliphatic rings. The number of piperidine rings is 1. The molecule has 0 unspecified atom stereocenters. The van der Waals surface area contributed by atoms with Crippen molar-refractivity contribution in [1.82, 2.24) is 58.3 Å². The van der Waals surface area contributed by atoms with Crippen molar-refractivity contribution in [2.75, 3.05) is 85.6 Å². The first kappa shape index (κ1) is 86.1. The molecule has 15 rings (SSSR count). The third-order valence-electron chi connectivity index (χ3n) is 20.0. The van der Waals surface area contributed by atoms with Crippen molar-refractivity contribution >= 4 is 97.1 Å². The first-order chi connectivity index (χ1) is 58.2. The number of carbonyl (C=O) groups excluding carboxylic acids is 6. The van der Waals surface area contributed by atoms with Gasteiger partial charge in [0.15, 0.2) is 0 Å². The predicted molar refractivity (Wildman–Crippen MR) is 434 cm³/mol. The number of benzene rings is 6. The highest BCUT2D eigenvalue weighted by molar-refractivity contribution is 6.01. The van der Waals surface area contributed by atoms with Gasteiger partial charge in [0.1, 0.15) is 53.9 Å². The van der Waals surface area contributed by atoms with Crippen molar-refractivity contribution in [2.24, 2.45) is 11.5 Å². The Balaban J connectivity index is 0.000000158. The van der Waals surface area contributed by atoms with Gasteiger partial charge in [-0.3, -0.25) is 37.9 Å². The van der Waals surface area contributed by atoms with Gasteiger partial charge in [0, 0.05) is 148 Å². The van der Waals surface area contributed by atoms with Crippen molar-refractivity contribution < 1.29 is 87.2 Å². The van der Waals surface area contributed by atoms with Crippen LogP contribution in [0.15, 0.2) is 183 Å². The average molecular weight is 1690 g/mol. The quantitative estimate of drug-likeness (QED) is 0.0343. The lowest BCUT2D eigenvalue weighted by atomic mass is 10.0. The van der Waals surface area contributed by atoms with Gasteiger partial charge < -0.3 is 61.5 Å². The Morgan fingerprint density at radius 1 is 0.467 bits per heavy atom. The largest absolute Gasteiger partial charge is 0.490 e. The smallest absolute Gasteiger partial charge is 0.420 e. The lowest BCUT2D eigenvalue weighted by molar-refractivity contribution is -0.140. The number of hydrogen-bond donors (Lipinski definition) is 6. The molecule has 2 aliphatic heterocycles. The number of ether oxygens (including phenoxy) is 4. The standard InChI is InChI=1S/C30H30F3N7O3.C28H27F3N6O4.C26H25F3N6O3/c31-30(32,33)25-14-21(2-1-20(25)17-38-9-11-39(12-10-38)23-3-4-23)37-29(42)40-8-7-19-13-24(5-6-26(19)40)43-28-16-22(15-27(34)41)35-18-36-28;1-17(38)34-25-15-26(33-16-32-25)41-21-4-5-23-18(13-21)7-12-37(23)27(39)35-19-3-6-24(22(14-19)28(29,30)31)40-20-8-10-36(2)11-9-20;1-3-34(4-2)22-7-5-17(12-20(22)26(27,28)29)33-25(37)35-10-9-16-11-19(6-8-21(16)35)38-24-14-18(13-23(30)36)31-15-32-24/h1-2,5-8,13-14,16,18,23H,3-4,9-12,15,17H2,(H2,34,41)(H,37,42);3-7,12-16,20H,8-11H2,1-2H3,(H,35,39)(H,32,33,34,38);5-12,14-15H,3-4,13H2,1-2H3,(H2,30,36)(H,33,37). The fraction of sp³-hybridized carbons (Fsp3) is 0.286. The van der Waals surface area contributed by atoms with Crippen LogP contribution in [0.25, 0.3) is 32.7 Å². The zero-order valence-corrected chi connectivity index (χ0v) is 66.0. The van der Waals surface area contributed by atoms with Crippen LogP contribution in [-0.2, 0) is 52.3 Å². The van der Waals surface area contributed by atoms with Crippen LogP contribution < -0.4 is 56.6 Å². The van der Waals surface area contributed by atoms with E-state index in [1.54, 1.807) is 91.5 Å². The Morgan fingerprint density at radius 2 is 0.893 bits per heavy atom. The molecular weight excluding hydrogens is 1610 g/mol. The number of nitrogens with two attached hydrogens (primary N) is 2. The molecule has 6 aromatic carbocycles. The molecule has 0 radical (unpaired) electrons. The van der Waals surface area contributed by atoms with Crippen LogP contribution in [0, 0.1) is 0 Å². The zero-order valence-electron chi connectivity index (χ0n) is 66.0. The van der Waals surface area contributed by atoms with Crippen LogP contribution in [0.1, 0.15) is 80.1 Å². The molecule has 1 saturated carbocycles. The number of nitrogens with zero attached hydrogens (tertiary/aromatic N) is 13. The molecule has 0 spiro atoms. The molecular formula is C84H82F9N19O10. The monoisotopic (exact) mass is 1690 g/mol. The number of piperazine rings is 1. The molecule has 8 N–H and O–H groups in total. The molecule has 2 saturated heterocycles. The summed E-state index contributed by atoms with van der Waals surface area (Å²) in [7, 11) is 1.96. The molecule has 6 aromatic heterocycles. The molecule has 636 valence electrons. The van der Waals surface area contributed by atoms with Gasteiger partial charge in [-0.05, 0) is 173 Å². The van der Waals surface area contributed by atoms with Gasteiger partial charge in [-0.2, -0.15) is 39.5 Å². The number of alkyl halides is 9. The van der Waals surface area contributed by atoms with E-state index in [0.717, 1.165) is 57.5 Å². The molecule has 8 heterocycles. The number of rotatable bonds is 22. The highest BCUT2D eigenvalue weighted by Gasteiger charge is 2.39. The van der Waals surface area contributed by atoms with Crippen molar-refractivity contribution in [3.63, 3.8) is 0 Å². The maximum absolute atomic E-state index is 14.1. The summed E-state index contributed by atoms with van der Waals surface area (Å²) >= 11 is 0. The van der Waals surface area contributed by atoms with Gasteiger partial charge in [0.05, 0.1) is 57.5 Å². The zero-order chi connectivity index (χ0) is 86.7. The van der Waals surface area contributed by atoms with Crippen LogP contribution in [0.5, 0.6) is 40.6 Å². The van der Waals surface area contributed by atoms with Crippen LogP contribution in [0.4, 0.5) is 82.5 Å². The molecule has 29 nitrogen and oxygen atoms in total. The predicted octanol–water partition coefficient (Wildman–Crippen LogP) is 15.6. The van der Waals surface area contributed by atoms with E-state index in [9.17, 15) is 68.3 Å². The van der Waals surface area contributed by atoms with E-state index >= 15 is 0 Å². The summed E-state index contributed by atoms with van der Waals surface area (Å²) in [4.78, 5) is 105. The maximum atomic E-state index is 14.1. The summed E-state index contributed by atoms with van der Waals surface area (Å²) in [6.07, 6.45) is -2.22. The third-order valence-corrected chi connectivity index (χ3v) is 20.0. The second-order valence-corrected chi connectivity index (χ2v) is 28.9. The molecule has 122 heavy (non-hydrogen) atoms. The van der Waals surface area contributed by atoms with Crippen molar-refractivity contribution in [2.45, 2.75) is 96.5 Å². The lowest BCUT2D eigenvalue weighted by Gasteiger charge is -2.35. The maximum Gasteiger partial charge on any atom is 0.420 e. The highest BCUT2D eigenvalue weighted by Crippen LogP contribution is 2.42. The Bertz CT molecular complexity index is 5840. The summed E-state index contributed by atoms with van der Waals surface area (Å²) < 4.78 is 152. The van der Waals surface area contributed by atoms with Crippen molar-refractivity contribution in [1.29, 1.82) is 0 Å².